The fourth-order valence-corrected chi connectivity index (χ4v) is 4.30. The van der Waals surface area contributed by atoms with Gasteiger partial charge in [0.15, 0.2) is 5.13 Å². The minimum atomic E-state index is -0.707. The number of nitrogens with zero attached hydrogens (tertiary/aromatic N) is 3. The second-order valence-electron chi connectivity index (χ2n) is 7.20. The predicted molar refractivity (Wildman–Crippen MR) is 124 cm³/mol. The number of aryl methyl sites for hydroxylation is 1. The standard InChI is InChI=1S/C22H20ClN5O2S/c1-13-7-8-14(10-17(13)23)9-16-12-25-22(31-16)26-21(30)18-11-19(20(24)29)28(27-18)15-5-3-2-4-6-15/h2-8,10,12,19H,9,11H2,1H3,(H2,24,29)(H,25,26,30). The van der Waals surface area contributed by atoms with Gasteiger partial charge in [-0.2, -0.15) is 5.10 Å². The van der Waals surface area contributed by atoms with Crippen LogP contribution < -0.4 is 16.1 Å². The zero-order valence-corrected chi connectivity index (χ0v) is 18.3. The van der Waals surface area contributed by atoms with Crippen LogP contribution in [0.5, 0.6) is 0 Å². The molecule has 3 aromatic rings. The molecule has 1 aromatic heterocycles. The average Bonchev–Trinajstić information content (AvgIpc) is 3.39. The Bertz CT molecular complexity index is 1160. The van der Waals surface area contributed by atoms with Crippen molar-refractivity contribution in [2.45, 2.75) is 25.8 Å². The molecule has 158 valence electrons. The van der Waals surface area contributed by atoms with Crippen LogP contribution in [0.25, 0.3) is 0 Å². The number of hydrogen-bond donors (Lipinski definition) is 2. The van der Waals surface area contributed by atoms with Gasteiger partial charge in [-0.1, -0.05) is 41.9 Å². The van der Waals surface area contributed by atoms with Crippen molar-refractivity contribution in [1.29, 1.82) is 0 Å². The molecule has 9 heteroatoms. The van der Waals surface area contributed by atoms with Gasteiger partial charge in [0.1, 0.15) is 11.8 Å². The van der Waals surface area contributed by atoms with Crippen LogP contribution in [0.3, 0.4) is 0 Å². The maximum Gasteiger partial charge on any atom is 0.273 e. The Morgan fingerprint density at radius 1 is 1.26 bits per heavy atom. The molecular formula is C22H20ClN5O2S. The monoisotopic (exact) mass is 453 g/mol. The second kappa shape index (κ2) is 8.87. The van der Waals surface area contributed by atoms with E-state index in [-0.39, 0.29) is 12.1 Å². The van der Waals surface area contributed by atoms with Gasteiger partial charge in [0.25, 0.3) is 5.91 Å². The Morgan fingerprint density at radius 2 is 2.03 bits per heavy atom. The summed E-state index contributed by atoms with van der Waals surface area (Å²) in [5.41, 5.74) is 8.56. The number of aromatic nitrogens is 1. The molecule has 1 aliphatic rings. The first-order valence-corrected chi connectivity index (χ1v) is 10.8. The number of anilines is 2. The number of para-hydroxylation sites is 1. The van der Waals surface area contributed by atoms with Crippen LogP contribution >= 0.6 is 22.9 Å². The van der Waals surface area contributed by atoms with Crippen molar-refractivity contribution in [3.63, 3.8) is 0 Å². The van der Waals surface area contributed by atoms with Crippen LogP contribution in [0, 0.1) is 6.92 Å². The van der Waals surface area contributed by atoms with Crippen molar-refractivity contribution in [2.24, 2.45) is 10.8 Å². The highest BCUT2D eigenvalue weighted by Crippen LogP contribution is 2.26. The van der Waals surface area contributed by atoms with E-state index in [2.05, 4.69) is 15.4 Å². The lowest BCUT2D eigenvalue weighted by Gasteiger charge is -2.20. The van der Waals surface area contributed by atoms with Crippen LogP contribution in [0.1, 0.15) is 22.4 Å². The minimum absolute atomic E-state index is 0.135. The summed E-state index contributed by atoms with van der Waals surface area (Å²) in [6.07, 6.45) is 2.53. The van der Waals surface area contributed by atoms with Gasteiger partial charge >= 0.3 is 0 Å². The Morgan fingerprint density at radius 3 is 2.74 bits per heavy atom. The van der Waals surface area contributed by atoms with E-state index in [1.54, 1.807) is 6.20 Å². The molecule has 7 nitrogen and oxygen atoms in total. The van der Waals surface area contributed by atoms with Crippen molar-refractivity contribution >= 4 is 51.3 Å². The molecule has 0 saturated carbocycles. The molecule has 0 saturated heterocycles. The summed E-state index contributed by atoms with van der Waals surface area (Å²) < 4.78 is 0. The zero-order chi connectivity index (χ0) is 22.0. The third-order valence-corrected chi connectivity index (χ3v) is 6.23. The van der Waals surface area contributed by atoms with Crippen molar-refractivity contribution in [3.05, 3.63) is 75.8 Å². The number of carbonyl (C=O) groups is 2. The second-order valence-corrected chi connectivity index (χ2v) is 8.72. The van der Waals surface area contributed by atoms with Gasteiger partial charge in [-0.05, 0) is 36.2 Å². The molecule has 2 aromatic carbocycles. The van der Waals surface area contributed by atoms with E-state index in [0.29, 0.717) is 17.2 Å². The van der Waals surface area contributed by atoms with Crippen molar-refractivity contribution < 1.29 is 9.59 Å². The third kappa shape index (κ3) is 4.76. The summed E-state index contributed by atoms with van der Waals surface area (Å²) in [4.78, 5) is 29.9. The average molecular weight is 454 g/mol. The van der Waals surface area contributed by atoms with Gasteiger partial charge in [-0.15, -0.1) is 11.3 Å². The van der Waals surface area contributed by atoms with E-state index in [1.807, 2.05) is 55.5 Å². The summed E-state index contributed by atoms with van der Waals surface area (Å²) in [5.74, 6) is -0.937. The number of benzene rings is 2. The lowest BCUT2D eigenvalue weighted by molar-refractivity contribution is -0.119. The first-order chi connectivity index (χ1) is 14.9. The van der Waals surface area contributed by atoms with Crippen molar-refractivity contribution in [1.82, 2.24) is 4.98 Å². The van der Waals surface area contributed by atoms with Gasteiger partial charge in [-0.25, -0.2) is 4.98 Å². The molecule has 1 unspecified atom stereocenters. The van der Waals surface area contributed by atoms with Gasteiger partial charge in [0, 0.05) is 28.9 Å². The first-order valence-electron chi connectivity index (χ1n) is 9.63. The van der Waals surface area contributed by atoms with E-state index >= 15 is 0 Å². The topological polar surface area (TPSA) is 101 Å². The molecule has 2 amide bonds. The van der Waals surface area contributed by atoms with Gasteiger partial charge in [-0.3, -0.25) is 19.9 Å². The van der Waals surface area contributed by atoms with Crippen LogP contribution in [-0.4, -0.2) is 28.6 Å². The predicted octanol–water partition coefficient (Wildman–Crippen LogP) is 3.75. The number of thiazole rings is 1. The van der Waals surface area contributed by atoms with Crippen LogP contribution in [0.2, 0.25) is 5.02 Å². The summed E-state index contributed by atoms with van der Waals surface area (Å²) in [6, 6.07) is 14.4. The van der Waals surface area contributed by atoms with E-state index in [1.165, 1.54) is 16.3 Å². The number of amides is 2. The van der Waals surface area contributed by atoms with Crippen molar-refractivity contribution in [3.8, 4) is 0 Å². The molecule has 2 heterocycles. The summed E-state index contributed by atoms with van der Waals surface area (Å²) >= 11 is 7.58. The number of rotatable bonds is 6. The normalized spacial score (nSPS) is 15.6. The lowest BCUT2D eigenvalue weighted by Crippen LogP contribution is -2.39. The summed E-state index contributed by atoms with van der Waals surface area (Å²) in [5, 5.41) is 9.81. The zero-order valence-electron chi connectivity index (χ0n) is 16.7. The largest absolute Gasteiger partial charge is 0.368 e. The Hall–Kier alpha value is -3.23. The van der Waals surface area contributed by atoms with E-state index in [0.717, 1.165) is 21.0 Å². The number of carbonyl (C=O) groups excluding carboxylic acids is 2. The third-order valence-electron chi connectivity index (χ3n) is 4.91. The summed E-state index contributed by atoms with van der Waals surface area (Å²) in [6.45, 7) is 1.96. The smallest absolute Gasteiger partial charge is 0.273 e. The minimum Gasteiger partial charge on any atom is -0.368 e. The van der Waals surface area contributed by atoms with Gasteiger partial charge < -0.3 is 5.73 Å². The first kappa shape index (κ1) is 21.0. The molecular weight excluding hydrogens is 434 g/mol. The van der Waals surface area contributed by atoms with Crippen LogP contribution in [-0.2, 0) is 16.0 Å². The van der Waals surface area contributed by atoms with Gasteiger partial charge in [0.05, 0.1) is 5.69 Å². The maximum atomic E-state index is 12.7. The molecule has 3 N–H and O–H groups in total. The quantitative estimate of drug-likeness (QED) is 0.593. The number of halogens is 1. The number of nitrogens with one attached hydrogen (secondary N) is 1. The van der Waals surface area contributed by atoms with E-state index in [4.69, 9.17) is 17.3 Å². The number of hydrazone groups is 1. The molecule has 0 bridgehead atoms. The van der Waals surface area contributed by atoms with Crippen LogP contribution in [0.4, 0.5) is 10.8 Å². The SMILES string of the molecule is Cc1ccc(Cc2cnc(NC(=O)C3=NN(c4ccccc4)C(C(N)=O)C3)s2)cc1Cl. The highest BCUT2D eigenvalue weighted by Gasteiger charge is 2.35. The molecule has 4 rings (SSSR count). The number of hydrogen-bond acceptors (Lipinski definition) is 6. The lowest BCUT2D eigenvalue weighted by atomic mass is 10.1. The number of primary amides is 1. The Kier molecular flexibility index (Phi) is 6.01. The fraction of sp³-hybridized carbons (Fsp3) is 0.182. The fourth-order valence-electron chi connectivity index (χ4n) is 3.25. The molecule has 31 heavy (non-hydrogen) atoms. The maximum absolute atomic E-state index is 12.7. The summed E-state index contributed by atoms with van der Waals surface area (Å²) in [7, 11) is 0. The molecule has 0 fully saturated rings. The number of nitrogens with two attached hydrogens (primary N) is 1. The van der Waals surface area contributed by atoms with Crippen LogP contribution in [0.15, 0.2) is 59.8 Å². The molecule has 0 radical (unpaired) electrons. The highest BCUT2D eigenvalue weighted by molar-refractivity contribution is 7.15. The van der Waals surface area contributed by atoms with E-state index in [9.17, 15) is 9.59 Å². The van der Waals surface area contributed by atoms with Crippen molar-refractivity contribution in [2.75, 3.05) is 10.3 Å². The van der Waals surface area contributed by atoms with E-state index < -0.39 is 17.9 Å². The molecule has 1 aliphatic heterocycles. The molecule has 0 aliphatic carbocycles. The highest BCUT2D eigenvalue weighted by atomic mass is 35.5. The Balaban J connectivity index is 1.46. The molecule has 0 spiro atoms. The Labute approximate surface area is 188 Å². The molecule has 1 atom stereocenters. The van der Waals surface area contributed by atoms with Gasteiger partial charge in [0.2, 0.25) is 5.91 Å².